The first kappa shape index (κ1) is 10.3. The van der Waals surface area contributed by atoms with E-state index in [1.165, 1.54) is 24.0 Å². The van der Waals surface area contributed by atoms with Crippen molar-refractivity contribution in [3.8, 4) is 0 Å². The number of allylic oxidation sites excluding steroid dienone is 6. The minimum atomic E-state index is 0.220. The lowest BCUT2D eigenvalue weighted by molar-refractivity contribution is 0.616. The van der Waals surface area contributed by atoms with Gasteiger partial charge in [-0.15, -0.1) is 0 Å². The lowest BCUT2D eigenvalue weighted by Crippen LogP contribution is -2.03. The Hall–Kier alpha value is -0.780. The molecular formula is C13H20. The van der Waals surface area contributed by atoms with Gasteiger partial charge in [0.15, 0.2) is 0 Å². The van der Waals surface area contributed by atoms with E-state index in [1.54, 1.807) is 0 Å². The molecular weight excluding hydrogens is 156 g/mol. The molecule has 0 heteroatoms. The van der Waals surface area contributed by atoms with Crippen LogP contribution in [0.4, 0.5) is 0 Å². The molecule has 0 spiro atoms. The van der Waals surface area contributed by atoms with Crippen molar-refractivity contribution < 1.29 is 0 Å². The van der Waals surface area contributed by atoms with Gasteiger partial charge in [0.1, 0.15) is 0 Å². The van der Waals surface area contributed by atoms with Crippen LogP contribution in [0.1, 0.15) is 40.5 Å². The molecule has 1 rings (SSSR count). The van der Waals surface area contributed by atoms with Crippen LogP contribution in [-0.4, -0.2) is 0 Å². The molecule has 0 N–H and O–H groups in total. The van der Waals surface area contributed by atoms with Crippen molar-refractivity contribution in [2.45, 2.75) is 40.5 Å². The predicted octanol–water partition coefficient (Wildman–Crippen LogP) is 4.26. The van der Waals surface area contributed by atoms with Gasteiger partial charge in [-0.1, -0.05) is 62.6 Å². The van der Waals surface area contributed by atoms with Crippen LogP contribution in [0.15, 0.2) is 35.5 Å². The molecule has 0 nitrogen and oxygen atoms in total. The molecule has 0 bridgehead atoms. The highest BCUT2D eigenvalue weighted by atomic mass is 14.2. The van der Waals surface area contributed by atoms with Crippen molar-refractivity contribution in [3.63, 3.8) is 0 Å². The molecule has 0 unspecified atom stereocenters. The number of rotatable bonds is 2. The van der Waals surface area contributed by atoms with E-state index >= 15 is 0 Å². The molecule has 0 amide bonds. The Balaban J connectivity index is 2.90. The van der Waals surface area contributed by atoms with Crippen LogP contribution in [0, 0.1) is 5.41 Å². The molecule has 72 valence electrons. The van der Waals surface area contributed by atoms with Crippen LogP contribution in [-0.2, 0) is 0 Å². The van der Waals surface area contributed by atoms with Crippen molar-refractivity contribution in [2.75, 3.05) is 0 Å². The highest BCUT2D eigenvalue weighted by molar-refractivity contribution is 5.34. The van der Waals surface area contributed by atoms with E-state index in [2.05, 4.69) is 52.0 Å². The molecule has 0 radical (unpaired) electrons. The third kappa shape index (κ3) is 3.22. The SMILES string of the molecule is CCCC1=CC(C)(C)C=C(C)C=C1. The fraction of sp³-hybridized carbons (Fsp3) is 0.538. The summed E-state index contributed by atoms with van der Waals surface area (Å²) in [6, 6.07) is 0. The van der Waals surface area contributed by atoms with Gasteiger partial charge in [0, 0.05) is 5.41 Å². The van der Waals surface area contributed by atoms with Gasteiger partial charge in [0.25, 0.3) is 0 Å². The van der Waals surface area contributed by atoms with Crippen LogP contribution in [0.3, 0.4) is 0 Å². The van der Waals surface area contributed by atoms with Crippen LogP contribution >= 0.6 is 0 Å². The zero-order valence-electron chi connectivity index (χ0n) is 9.22. The van der Waals surface area contributed by atoms with Gasteiger partial charge in [-0.25, -0.2) is 0 Å². The van der Waals surface area contributed by atoms with Gasteiger partial charge >= 0.3 is 0 Å². The standard InChI is InChI=1S/C13H20/c1-5-6-12-8-7-11(2)9-13(3,4)10-12/h7-10H,5-6H2,1-4H3. The largest absolute Gasteiger partial charge is 0.0721 e. The fourth-order valence-corrected chi connectivity index (χ4v) is 1.89. The van der Waals surface area contributed by atoms with Gasteiger partial charge in [0.2, 0.25) is 0 Å². The predicted molar refractivity (Wildman–Crippen MR) is 59.7 cm³/mol. The molecule has 0 saturated carbocycles. The second kappa shape index (κ2) is 3.95. The Morgan fingerprint density at radius 2 is 1.85 bits per heavy atom. The minimum absolute atomic E-state index is 0.220. The second-order valence-electron chi connectivity index (χ2n) is 4.51. The molecule has 0 aromatic rings. The smallest absolute Gasteiger partial charge is 0.00159 e. The fourth-order valence-electron chi connectivity index (χ4n) is 1.89. The second-order valence-corrected chi connectivity index (χ2v) is 4.51. The quantitative estimate of drug-likeness (QED) is 0.590. The van der Waals surface area contributed by atoms with Crippen LogP contribution in [0.2, 0.25) is 0 Å². The Morgan fingerprint density at radius 3 is 2.46 bits per heavy atom. The summed E-state index contributed by atoms with van der Waals surface area (Å²) >= 11 is 0. The summed E-state index contributed by atoms with van der Waals surface area (Å²) in [5.41, 5.74) is 3.06. The van der Waals surface area contributed by atoms with Crippen molar-refractivity contribution in [1.29, 1.82) is 0 Å². The van der Waals surface area contributed by atoms with E-state index in [-0.39, 0.29) is 5.41 Å². The van der Waals surface area contributed by atoms with E-state index < -0.39 is 0 Å². The maximum Gasteiger partial charge on any atom is 0.00159 e. The van der Waals surface area contributed by atoms with Crippen molar-refractivity contribution in [1.82, 2.24) is 0 Å². The Labute approximate surface area is 82.0 Å². The summed E-state index contributed by atoms with van der Waals surface area (Å²) in [7, 11) is 0. The van der Waals surface area contributed by atoms with E-state index in [1.807, 2.05) is 0 Å². The topological polar surface area (TPSA) is 0 Å². The first-order chi connectivity index (χ1) is 6.03. The monoisotopic (exact) mass is 176 g/mol. The Kier molecular flexibility index (Phi) is 3.13. The van der Waals surface area contributed by atoms with Crippen LogP contribution < -0.4 is 0 Å². The molecule has 1 aliphatic carbocycles. The average molecular weight is 176 g/mol. The van der Waals surface area contributed by atoms with Crippen molar-refractivity contribution in [3.05, 3.63) is 35.5 Å². The van der Waals surface area contributed by atoms with Gasteiger partial charge in [-0.05, 0) is 13.3 Å². The summed E-state index contributed by atoms with van der Waals surface area (Å²) in [6.45, 7) is 8.92. The highest BCUT2D eigenvalue weighted by Crippen LogP contribution is 2.28. The molecule has 0 atom stereocenters. The number of hydrogen-bond donors (Lipinski definition) is 0. The molecule has 13 heavy (non-hydrogen) atoms. The molecule has 0 fully saturated rings. The van der Waals surface area contributed by atoms with Crippen molar-refractivity contribution in [2.24, 2.45) is 5.41 Å². The maximum absolute atomic E-state index is 2.38. The highest BCUT2D eigenvalue weighted by Gasteiger charge is 2.13. The van der Waals surface area contributed by atoms with E-state index in [9.17, 15) is 0 Å². The minimum Gasteiger partial charge on any atom is -0.0721 e. The molecule has 0 heterocycles. The summed E-state index contributed by atoms with van der Waals surface area (Å²) in [5.74, 6) is 0. The summed E-state index contributed by atoms with van der Waals surface area (Å²) in [5, 5.41) is 0. The van der Waals surface area contributed by atoms with E-state index in [4.69, 9.17) is 0 Å². The molecule has 0 aromatic carbocycles. The molecule has 0 saturated heterocycles. The molecule has 0 aliphatic heterocycles. The molecule has 1 aliphatic rings. The third-order valence-electron chi connectivity index (χ3n) is 2.26. The van der Waals surface area contributed by atoms with Crippen molar-refractivity contribution >= 4 is 0 Å². The normalized spacial score (nSPS) is 20.6. The summed E-state index contributed by atoms with van der Waals surface area (Å²) in [4.78, 5) is 0. The zero-order chi connectivity index (χ0) is 9.90. The lowest BCUT2D eigenvalue weighted by atomic mass is 9.89. The summed E-state index contributed by atoms with van der Waals surface area (Å²) in [6.07, 6.45) is 11.6. The number of hydrogen-bond acceptors (Lipinski definition) is 0. The van der Waals surface area contributed by atoms with E-state index in [0.29, 0.717) is 0 Å². The van der Waals surface area contributed by atoms with Gasteiger partial charge in [0.05, 0.1) is 0 Å². The van der Waals surface area contributed by atoms with Gasteiger partial charge in [-0.2, -0.15) is 0 Å². The first-order valence-electron chi connectivity index (χ1n) is 5.13. The van der Waals surface area contributed by atoms with Crippen LogP contribution in [0.25, 0.3) is 0 Å². The Morgan fingerprint density at radius 1 is 1.15 bits per heavy atom. The molecule has 0 aromatic heterocycles. The zero-order valence-corrected chi connectivity index (χ0v) is 9.22. The van der Waals surface area contributed by atoms with E-state index in [0.717, 1.165) is 0 Å². The third-order valence-corrected chi connectivity index (χ3v) is 2.26. The Bertz CT molecular complexity index is 262. The van der Waals surface area contributed by atoms with Crippen LogP contribution in [0.5, 0.6) is 0 Å². The summed E-state index contributed by atoms with van der Waals surface area (Å²) < 4.78 is 0. The first-order valence-corrected chi connectivity index (χ1v) is 5.13. The average Bonchev–Trinajstić information content (AvgIpc) is 2.09. The van der Waals surface area contributed by atoms with Gasteiger partial charge < -0.3 is 0 Å². The lowest BCUT2D eigenvalue weighted by Gasteiger charge is -2.16. The van der Waals surface area contributed by atoms with Gasteiger partial charge in [-0.3, -0.25) is 0 Å². The maximum atomic E-state index is 2.38.